The number of hydrogen-bond donors (Lipinski definition) is 0. The Labute approximate surface area is 103 Å². The molecule has 0 saturated carbocycles. The van der Waals surface area contributed by atoms with E-state index in [4.69, 9.17) is 8.83 Å². The van der Waals surface area contributed by atoms with Crippen LogP contribution >= 0.6 is 0 Å². The molecule has 0 bridgehead atoms. The van der Waals surface area contributed by atoms with Crippen molar-refractivity contribution in [1.29, 1.82) is 0 Å². The van der Waals surface area contributed by atoms with E-state index in [0.29, 0.717) is 0 Å². The molecular weight excluding hydrogens is 224 g/mol. The molecule has 85 valence electrons. The topological polar surface area (TPSA) is 26.3 Å². The highest BCUT2D eigenvalue weighted by molar-refractivity contribution is 5.94. The molecule has 2 aromatic heterocycles. The molecular formula is C16H9O2. The molecule has 2 nitrogen and oxygen atoms in total. The van der Waals surface area contributed by atoms with E-state index in [1.165, 1.54) is 0 Å². The van der Waals surface area contributed by atoms with Gasteiger partial charge in [0, 0.05) is 16.2 Å². The summed E-state index contributed by atoms with van der Waals surface area (Å²) < 4.78 is 11.3. The summed E-state index contributed by atoms with van der Waals surface area (Å²) in [6.07, 6.45) is 2.90. The van der Waals surface area contributed by atoms with Crippen LogP contribution in [0.15, 0.2) is 63.4 Å². The molecule has 0 unspecified atom stereocenters. The first kappa shape index (κ1) is 9.54. The zero-order valence-electron chi connectivity index (χ0n) is 9.51. The maximum absolute atomic E-state index is 5.81. The van der Waals surface area contributed by atoms with Gasteiger partial charge in [-0.2, -0.15) is 0 Å². The van der Waals surface area contributed by atoms with Gasteiger partial charge in [0.25, 0.3) is 0 Å². The second-order valence-corrected chi connectivity index (χ2v) is 4.23. The van der Waals surface area contributed by atoms with Gasteiger partial charge in [-0.05, 0) is 12.1 Å². The number of hydrogen-bond acceptors (Lipinski definition) is 2. The number of fused-ring (bicyclic) bond motifs is 2. The van der Waals surface area contributed by atoms with Crippen molar-refractivity contribution in [2.75, 3.05) is 0 Å². The largest absolute Gasteiger partial charge is 0.453 e. The van der Waals surface area contributed by atoms with Crippen LogP contribution in [-0.2, 0) is 0 Å². The Morgan fingerprint density at radius 3 is 2.67 bits per heavy atom. The standard InChI is InChI=1S/C16H9O2/c1-3-7-13-12(6-1)10-17-16(13)15-9-11-5-2-4-8-14(11)18-15/h1-9H. The molecule has 1 radical (unpaired) electrons. The van der Waals surface area contributed by atoms with Gasteiger partial charge in [0.05, 0.1) is 0 Å². The van der Waals surface area contributed by atoms with Crippen LogP contribution in [0.5, 0.6) is 0 Å². The van der Waals surface area contributed by atoms with Crippen LogP contribution in [0.1, 0.15) is 0 Å². The minimum Gasteiger partial charge on any atom is -0.453 e. The first-order valence-electron chi connectivity index (χ1n) is 5.80. The fourth-order valence-corrected chi connectivity index (χ4v) is 2.21. The molecule has 0 saturated heterocycles. The highest BCUT2D eigenvalue weighted by Crippen LogP contribution is 2.33. The second-order valence-electron chi connectivity index (χ2n) is 4.23. The molecule has 0 atom stereocenters. The Kier molecular flexibility index (Phi) is 1.86. The second kappa shape index (κ2) is 3.50. The minimum absolute atomic E-state index is 0.738. The van der Waals surface area contributed by atoms with Crippen LogP contribution < -0.4 is 0 Å². The van der Waals surface area contributed by atoms with Crippen LogP contribution in [0.25, 0.3) is 33.3 Å². The van der Waals surface area contributed by atoms with E-state index in [1.54, 1.807) is 0 Å². The van der Waals surface area contributed by atoms with E-state index >= 15 is 0 Å². The van der Waals surface area contributed by atoms with Gasteiger partial charge in [0.2, 0.25) is 0 Å². The van der Waals surface area contributed by atoms with Gasteiger partial charge in [0.1, 0.15) is 5.58 Å². The van der Waals surface area contributed by atoms with E-state index in [2.05, 4.69) is 6.26 Å². The summed E-state index contributed by atoms with van der Waals surface area (Å²) >= 11 is 0. The van der Waals surface area contributed by atoms with Crippen molar-refractivity contribution in [3.05, 3.63) is 60.9 Å². The van der Waals surface area contributed by atoms with Gasteiger partial charge in [-0.15, -0.1) is 0 Å². The van der Waals surface area contributed by atoms with E-state index in [9.17, 15) is 0 Å². The van der Waals surface area contributed by atoms with E-state index < -0.39 is 0 Å². The summed E-state index contributed by atoms with van der Waals surface area (Å²) in [5, 5.41) is 3.07. The Morgan fingerprint density at radius 2 is 1.72 bits per heavy atom. The molecule has 18 heavy (non-hydrogen) atoms. The maximum Gasteiger partial charge on any atom is 0.178 e. The molecule has 2 heterocycles. The van der Waals surface area contributed by atoms with Crippen LogP contribution in [0.3, 0.4) is 0 Å². The molecule has 0 aliphatic rings. The zero-order chi connectivity index (χ0) is 11.9. The summed E-state index contributed by atoms with van der Waals surface area (Å²) in [6, 6.07) is 17.9. The van der Waals surface area contributed by atoms with Gasteiger partial charge in [-0.1, -0.05) is 42.5 Å². The fourth-order valence-electron chi connectivity index (χ4n) is 2.21. The van der Waals surface area contributed by atoms with Gasteiger partial charge in [-0.25, -0.2) is 0 Å². The summed E-state index contributed by atoms with van der Waals surface area (Å²) in [5.74, 6) is 1.48. The van der Waals surface area contributed by atoms with Crippen molar-refractivity contribution in [2.24, 2.45) is 0 Å². The van der Waals surface area contributed by atoms with Gasteiger partial charge in [0.15, 0.2) is 17.8 Å². The van der Waals surface area contributed by atoms with E-state index in [-0.39, 0.29) is 0 Å². The molecule has 0 fully saturated rings. The van der Waals surface area contributed by atoms with Crippen LogP contribution in [0, 0.1) is 6.26 Å². The molecule has 0 N–H and O–H groups in total. The molecule has 0 spiro atoms. The normalized spacial score (nSPS) is 11.3. The summed E-state index contributed by atoms with van der Waals surface area (Å²) in [4.78, 5) is 0. The Bertz CT molecular complexity index is 803. The minimum atomic E-state index is 0.738. The maximum atomic E-state index is 5.81. The van der Waals surface area contributed by atoms with Gasteiger partial charge < -0.3 is 8.83 Å². The van der Waals surface area contributed by atoms with Crippen molar-refractivity contribution in [3.8, 4) is 11.5 Å². The fraction of sp³-hybridized carbons (Fsp3) is 0. The number of rotatable bonds is 1. The Hall–Kier alpha value is -2.48. The quantitative estimate of drug-likeness (QED) is 0.478. The van der Waals surface area contributed by atoms with Crippen molar-refractivity contribution in [2.45, 2.75) is 0 Å². The van der Waals surface area contributed by atoms with Crippen molar-refractivity contribution < 1.29 is 8.83 Å². The number of furan rings is 2. The number of benzene rings is 2. The lowest BCUT2D eigenvalue weighted by Crippen LogP contribution is -1.69. The average Bonchev–Trinajstić information content (AvgIpc) is 3.02. The smallest absolute Gasteiger partial charge is 0.178 e. The molecule has 4 rings (SSSR count). The van der Waals surface area contributed by atoms with E-state index in [0.717, 1.165) is 33.3 Å². The van der Waals surface area contributed by atoms with E-state index in [1.807, 2.05) is 54.6 Å². The number of para-hydroxylation sites is 1. The predicted octanol–water partition coefficient (Wildman–Crippen LogP) is 4.65. The van der Waals surface area contributed by atoms with Crippen LogP contribution in [-0.4, -0.2) is 0 Å². The SMILES string of the molecule is [c]1oc(-c2cc3ccccc3o2)c2ccccc12. The lowest BCUT2D eigenvalue weighted by Gasteiger charge is -1.91. The highest BCUT2D eigenvalue weighted by atomic mass is 16.4. The third-order valence-corrected chi connectivity index (χ3v) is 3.08. The first-order chi connectivity index (χ1) is 8.92. The first-order valence-corrected chi connectivity index (χ1v) is 5.80. The van der Waals surface area contributed by atoms with Crippen molar-refractivity contribution >= 4 is 21.7 Å². The van der Waals surface area contributed by atoms with Gasteiger partial charge >= 0.3 is 0 Å². The third kappa shape index (κ3) is 1.29. The van der Waals surface area contributed by atoms with Gasteiger partial charge in [-0.3, -0.25) is 0 Å². The summed E-state index contributed by atoms with van der Waals surface area (Å²) in [5.41, 5.74) is 0.869. The Morgan fingerprint density at radius 1 is 0.889 bits per heavy atom. The molecule has 2 heteroatoms. The summed E-state index contributed by atoms with van der Waals surface area (Å²) in [7, 11) is 0. The average molecular weight is 233 g/mol. The molecule has 0 amide bonds. The monoisotopic (exact) mass is 233 g/mol. The van der Waals surface area contributed by atoms with Crippen molar-refractivity contribution in [1.82, 2.24) is 0 Å². The lowest BCUT2D eigenvalue weighted by molar-refractivity contribution is 0.540. The van der Waals surface area contributed by atoms with Crippen LogP contribution in [0.4, 0.5) is 0 Å². The predicted molar refractivity (Wildman–Crippen MR) is 70.3 cm³/mol. The van der Waals surface area contributed by atoms with Crippen molar-refractivity contribution in [3.63, 3.8) is 0 Å². The van der Waals surface area contributed by atoms with Crippen LogP contribution in [0.2, 0.25) is 0 Å². The third-order valence-electron chi connectivity index (χ3n) is 3.08. The molecule has 0 aliphatic heterocycles. The molecule has 0 aliphatic carbocycles. The lowest BCUT2D eigenvalue weighted by atomic mass is 10.1. The summed E-state index contributed by atoms with van der Waals surface area (Å²) in [6.45, 7) is 0. The molecule has 2 aromatic carbocycles. The Balaban J connectivity index is 2.01. The molecule has 4 aromatic rings. The zero-order valence-corrected chi connectivity index (χ0v) is 9.51. The highest BCUT2D eigenvalue weighted by Gasteiger charge is 2.13.